The van der Waals surface area contributed by atoms with Crippen LogP contribution in [0.4, 0.5) is 11.4 Å². The van der Waals surface area contributed by atoms with Crippen molar-refractivity contribution in [2.24, 2.45) is 0 Å². The van der Waals surface area contributed by atoms with Gasteiger partial charge in [0.15, 0.2) is 0 Å². The molecule has 0 aliphatic heterocycles. The molecular weight excluding hydrogens is 332 g/mol. The number of phenolic OH excluding ortho intramolecular Hbond substituents is 1. The Morgan fingerprint density at radius 1 is 0.923 bits per heavy atom. The van der Waals surface area contributed by atoms with Crippen LogP contribution >= 0.6 is 0 Å². The van der Waals surface area contributed by atoms with Crippen LogP contribution in [-0.4, -0.2) is 27.1 Å². The molecule has 3 aromatic carbocycles. The highest BCUT2D eigenvalue weighted by atomic mass is 16.3. The number of benzene rings is 3. The summed E-state index contributed by atoms with van der Waals surface area (Å²) in [5.74, 6) is -1.48. The van der Waals surface area contributed by atoms with Gasteiger partial charge >= 0.3 is 11.8 Å². The molecule has 0 bridgehead atoms. The zero-order valence-electron chi connectivity index (χ0n) is 13.5. The lowest BCUT2D eigenvalue weighted by molar-refractivity contribution is -0.132. The van der Waals surface area contributed by atoms with Crippen LogP contribution in [0.1, 0.15) is 0 Å². The average Bonchev–Trinajstić information content (AvgIpc) is 3.10. The van der Waals surface area contributed by atoms with Crippen molar-refractivity contribution >= 4 is 44.9 Å². The van der Waals surface area contributed by atoms with Gasteiger partial charge in [0.05, 0.1) is 11.7 Å². The van der Waals surface area contributed by atoms with Gasteiger partial charge in [-0.2, -0.15) is 5.10 Å². The van der Waals surface area contributed by atoms with Crippen molar-refractivity contribution < 1.29 is 14.7 Å². The summed E-state index contributed by atoms with van der Waals surface area (Å²) < 4.78 is 0. The van der Waals surface area contributed by atoms with E-state index < -0.39 is 11.8 Å². The summed E-state index contributed by atoms with van der Waals surface area (Å²) in [7, 11) is 0. The van der Waals surface area contributed by atoms with Crippen LogP contribution in [0, 0.1) is 0 Å². The Kier molecular flexibility index (Phi) is 3.74. The minimum absolute atomic E-state index is 0.107. The summed E-state index contributed by atoms with van der Waals surface area (Å²) in [4.78, 5) is 24.4. The molecule has 0 saturated heterocycles. The normalized spacial score (nSPS) is 10.8. The number of hydrogen-bond donors (Lipinski definition) is 4. The lowest BCUT2D eigenvalue weighted by atomic mass is 10.1. The summed E-state index contributed by atoms with van der Waals surface area (Å²) in [6, 6.07) is 15.3. The van der Waals surface area contributed by atoms with Gasteiger partial charge in [0.1, 0.15) is 5.75 Å². The predicted molar refractivity (Wildman–Crippen MR) is 99.0 cm³/mol. The molecule has 0 unspecified atom stereocenters. The minimum Gasteiger partial charge on any atom is -0.507 e. The summed E-state index contributed by atoms with van der Waals surface area (Å²) in [5, 5.41) is 23.9. The van der Waals surface area contributed by atoms with Gasteiger partial charge in [-0.05, 0) is 30.3 Å². The second-order valence-electron chi connectivity index (χ2n) is 5.76. The van der Waals surface area contributed by atoms with Crippen molar-refractivity contribution in [2.45, 2.75) is 0 Å². The zero-order valence-corrected chi connectivity index (χ0v) is 13.5. The fraction of sp³-hybridized carbons (Fsp3) is 0. The Labute approximate surface area is 147 Å². The molecular formula is C19H14N4O3. The maximum atomic E-state index is 12.3. The number of nitrogens with one attached hydrogen (secondary N) is 3. The summed E-state index contributed by atoms with van der Waals surface area (Å²) >= 11 is 0. The molecule has 0 fully saturated rings. The first-order valence-electron chi connectivity index (χ1n) is 7.88. The number of nitrogens with zero attached hydrogens (tertiary/aromatic N) is 1. The Morgan fingerprint density at radius 3 is 2.58 bits per heavy atom. The fourth-order valence-corrected chi connectivity index (χ4v) is 2.78. The summed E-state index contributed by atoms with van der Waals surface area (Å²) in [6.07, 6.45) is 1.67. The topological polar surface area (TPSA) is 107 Å². The third-order valence-corrected chi connectivity index (χ3v) is 4.05. The molecule has 4 aromatic rings. The van der Waals surface area contributed by atoms with E-state index in [0.29, 0.717) is 22.1 Å². The number of rotatable bonds is 2. The van der Waals surface area contributed by atoms with Crippen molar-refractivity contribution in [3.63, 3.8) is 0 Å². The van der Waals surface area contributed by atoms with Gasteiger partial charge in [-0.1, -0.05) is 24.3 Å². The SMILES string of the molecule is O=C(Nc1ccc2cn[nH]c2c1)C(=O)Nc1cccc2c(O)cccc12. The molecule has 1 aromatic heterocycles. The van der Waals surface area contributed by atoms with Gasteiger partial charge in [-0.15, -0.1) is 0 Å². The lowest BCUT2D eigenvalue weighted by Gasteiger charge is -2.10. The van der Waals surface area contributed by atoms with E-state index in [1.54, 1.807) is 60.8 Å². The van der Waals surface area contributed by atoms with Crippen molar-refractivity contribution in [1.29, 1.82) is 0 Å². The second kappa shape index (κ2) is 6.21. The number of phenols is 1. The van der Waals surface area contributed by atoms with Crippen LogP contribution in [0.15, 0.2) is 60.8 Å². The van der Waals surface area contributed by atoms with Crippen molar-refractivity contribution in [2.75, 3.05) is 10.6 Å². The highest BCUT2D eigenvalue weighted by Crippen LogP contribution is 2.29. The van der Waals surface area contributed by atoms with Crippen LogP contribution in [0.2, 0.25) is 0 Å². The lowest BCUT2D eigenvalue weighted by Crippen LogP contribution is -2.29. The van der Waals surface area contributed by atoms with Crippen LogP contribution in [0.5, 0.6) is 5.75 Å². The number of fused-ring (bicyclic) bond motifs is 2. The van der Waals surface area contributed by atoms with Gasteiger partial charge in [0.2, 0.25) is 0 Å². The Morgan fingerprint density at radius 2 is 1.69 bits per heavy atom. The number of hydrogen-bond acceptors (Lipinski definition) is 4. The number of aromatic hydroxyl groups is 1. The second-order valence-corrected chi connectivity index (χ2v) is 5.76. The maximum Gasteiger partial charge on any atom is 0.314 e. The Bertz CT molecular complexity index is 1150. The van der Waals surface area contributed by atoms with Gasteiger partial charge < -0.3 is 15.7 Å². The van der Waals surface area contributed by atoms with Crippen LogP contribution in [0.3, 0.4) is 0 Å². The smallest absolute Gasteiger partial charge is 0.314 e. The molecule has 0 saturated carbocycles. The Hall–Kier alpha value is -3.87. The number of aromatic amines is 1. The molecule has 7 heteroatoms. The van der Waals surface area contributed by atoms with E-state index >= 15 is 0 Å². The first-order valence-corrected chi connectivity index (χ1v) is 7.88. The molecule has 7 nitrogen and oxygen atoms in total. The highest BCUT2D eigenvalue weighted by molar-refractivity contribution is 6.44. The summed E-state index contributed by atoms with van der Waals surface area (Å²) in [6.45, 7) is 0. The minimum atomic E-state index is -0.800. The average molecular weight is 346 g/mol. The molecule has 2 amide bonds. The van der Waals surface area contributed by atoms with E-state index in [0.717, 1.165) is 10.9 Å². The fourth-order valence-electron chi connectivity index (χ4n) is 2.78. The van der Waals surface area contributed by atoms with E-state index in [4.69, 9.17) is 0 Å². The van der Waals surface area contributed by atoms with E-state index in [9.17, 15) is 14.7 Å². The molecule has 26 heavy (non-hydrogen) atoms. The largest absolute Gasteiger partial charge is 0.507 e. The molecule has 0 atom stereocenters. The predicted octanol–water partition coefficient (Wildman–Crippen LogP) is 3.00. The first-order chi connectivity index (χ1) is 12.6. The number of carbonyl (C=O) groups is 2. The van der Waals surface area contributed by atoms with Crippen molar-refractivity contribution in [3.8, 4) is 5.75 Å². The van der Waals surface area contributed by atoms with Gasteiger partial charge in [0, 0.05) is 27.5 Å². The Balaban J connectivity index is 1.54. The third-order valence-electron chi connectivity index (χ3n) is 4.05. The first kappa shape index (κ1) is 15.6. The quantitative estimate of drug-likeness (QED) is 0.419. The number of carbonyl (C=O) groups excluding carboxylic acids is 2. The number of H-pyrrole nitrogens is 1. The molecule has 0 aliphatic rings. The molecule has 4 N–H and O–H groups in total. The zero-order chi connectivity index (χ0) is 18.1. The number of anilines is 2. The molecule has 0 aliphatic carbocycles. The standard InChI is InChI=1S/C19H14N4O3/c24-17-6-2-3-13-14(17)4-1-5-15(13)22-19(26)18(25)21-12-8-7-11-10-20-23-16(11)9-12/h1-10,24H,(H,20,23)(H,21,25)(H,22,26). The van der Waals surface area contributed by atoms with Crippen LogP contribution in [0.25, 0.3) is 21.7 Å². The van der Waals surface area contributed by atoms with E-state index in [-0.39, 0.29) is 5.75 Å². The van der Waals surface area contributed by atoms with Crippen molar-refractivity contribution in [1.82, 2.24) is 10.2 Å². The van der Waals surface area contributed by atoms with E-state index in [2.05, 4.69) is 20.8 Å². The third kappa shape index (κ3) is 2.82. The molecule has 1 heterocycles. The van der Waals surface area contributed by atoms with E-state index in [1.807, 2.05) is 0 Å². The van der Waals surface area contributed by atoms with Crippen LogP contribution in [-0.2, 0) is 9.59 Å². The molecule has 4 rings (SSSR count). The van der Waals surface area contributed by atoms with Gasteiger partial charge in [0.25, 0.3) is 0 Å². The maximum absolute atomic E-state index is 12.3. The summed E-state index contributed by atoms with van der Waals surface area (Å²) in [5.41, 5.74) is 1.69. The van der Waals surface area contributed by atoms with Gasteiger partial charge in [-0.3, -0.25) is 14.7 Å². The number of aromatic nitrogens is 2. The van der Waals surface area contributed by atoms with Crippen molar-refractivity contribution in [3.05, 3.63) is 60.8 Å². The monoisotopic (exact) mass is 346 g/mol. The number of amides is 2. The molecule has 0 spiro atoms. The highest BCUT2D eigenvalue weighted by Gasteiger charge is 2.16. The molecule has 0 radical (unpaired) electrons. The molecule has 128 valence electrons. The van der Waals surface area contributed by atoms with E-state index in [1.165, 1.54) is 0 Å². The van der Waals surface area contributed by atoms with Crippen LogP contribution < -0.4 is 10.6 Å². The van der Waals surface area contributed by atoms with Gasteiger partial charge in [-0.25, -0.2) is 0 Å².